The van der Waals surface area contributed by atoms with Crippen molar-refractivity contribution in [3.8, 4) is 22.1 Å². The van der Waals surface area contributed by atoms with Crippen LogP contribution in [0.3, 0.4) is 0 Å². The molecule has 3 aromatic carbocycles. The minimum Gasteiger partial charge on any atom is -0.447 e. The van der Waals surface area contributed by atoms with Crippen LogP contribution in [0.5, 0.6) is 10.8 Å². The average Bonchev–Trinajstić information content (AvgIpc) is 3.69. The van der Waals surface area contributed by atoms with Crippen LogP contribution in [0.15, 0.2) is 90.7 Å². The highest BCUT2D eigenvalue weighted by molar-refractivity contribution is 7.21. The number of hydrogen-bond acceptors (Lipinski definition) is 6. The van der Waals surface area contributed by atoms with Gasteiger partial charge in [0, 0.05) is 67.9 Å². The van der Waals surface area contributed by atoms with Crippen molar-refractivity contribution in [2.24, 2.45) is 0 Å². The Morgan fingerprint density at radius 3 is 2.67 bits per heavy atom. The highest BCUT2D eigenvalue weighted by atomic mass is 32.1. The zero-order valence-corrected chi connectivity index (χ0v) is 23.6. The number of thiophene rings is 2. The summed E-state index contributed by atoms with van der Waals surface area (Å²) < 4.78 is 31.9. The van der Waals surface area contributed by atoms with Gasteiger partial charge in [0.15, 0.2) is 5.06 Å². The first-order chi connectivity index (χ1) is 20.0. The number of nitrogens with zero attached hydrogens (tertiary/aromatic N) is 3. The summed E-state index contributed by atoms with van der Waals surface area (Å²) in [5, 5.41) is 7.64. The van der Waals surface area contributed by atoms with Crippen molar-refractivity contribution in [2.45, 2.75) is 26.2 Å². The second-order valence-corrected chi connectivity index (χ2v) is 12.9. The molecule has 0 N–H and O–H groups in total. The molecule has 0 atom stereocenters. The van der Waals surface area contributed by atoms with Crippen molar-refractivity contribution in [3.05, 3.63) is 96.3 Å². The summed E-state index contributed by atoms with van der Waals surface area (Å²) in [5.74, 6) is 0.694. The van der Waals surface area contributed by atoms with E-state index in [9.17, 15) is 0 Å². The smallest absolute Gasteiger partial charge is 0.182 e. The van der Waals surface area contributed by atoms with Gasteiger partial charge in [-0.3, -0.25) is 4.98 Å². The van der Waals surface area contributed by atoms with E-state index in [1.54, 1.807) is 35.1 Å². The van der Waals surface area contributed by atoms with Gasteiger partial charge in [-0.2, -0.15) is 0 Å². The van der Waals surface area contributed by atoms with Crippen molar-refractivity contribution in [1.82, 2.24) is 9.88 Å². The fraction of sp³-hybridized carbons (Fsp3) is 0.182. The number of aromatic nitrogens is 1. The number of pyridine rings is 1. The van der Waals surface area contributed by atoms with Crippen LogP contribution in [-0.4, -0.2) is 23.5 Å². The zero-order valence-electron chi connectivity index (χ0n) is 24.9. The Morgan fingerprint density at radius 2 is 1.82 bits per heavy atom. The van der Waals surface area contributed by atoms with Crippen LogP contribution in [0.4, 0.5) is 5.69 Å². The van der Waals surface area contributed by atoms with Crippen molar-refractivity contribution in [1.29, 1.82) is 0 Å². The van der Waals surface area contributed by atoms with E-state index < -0.39 is 6.98 Å². The van der Waals surface area contributed by atoms with Gasteiger partial charge in [-0.1, -0.05) is 38.2 Å². The summed E-state index contributed by atoms with van der Waals surface area (Å²) in [6.45, 7) is 4.76. The molecule has 0 radical (unpaired) electrons. The Balaban J connectivity index is 1.31. The maximum atomic E-state index is 7.69. The van der Waals surface area contributed by atoms with E-state index in [0.29, 0.717) is 5.75 Å². The van der Waals surface area contributed by atoms with Crippen LogP contribution in [-0.2, 0) is 5.41 Å². The summed E-state index contributed by atoms with van der Waals surface area (Å²) in [6.07, 6.45) is 5.30. The van der Waals surface area contributed by atoms with Crippen LogP contribution in [0.25, 0.3) is 42.2 Å². The third kappa shape index (κ3) is 4.44. The maximum Gasteiger partial charge on any atom is 0.182 e. The molecule has 0 unspecified atom stereocenters. The van der Waals surface area contributed by atoms with Gasteiger partial charge in [0.25, 0.3) is 0 Å². The number of anilines is 1. The van der Waals surface area contributed by atoms with Gasteiger partial charge in [0.1, 0.15) is 5.75 Å². The molecule has 6 heteroatoms. The molecule has 194 valence electrons. The maximum absolute atomic E-state index is 7.69. The van der Waals surface area contributed by atoms with E-state index in [-0.39, 0.29) is 12.1 Å². The van der Waals surface area contributed by atoms with Crippen LogP contribution >= 0.6 is 22.7 Å². The van der Waals surface area contributed by atoms with E-state index >= 15 is 0 Å². The van der Waals surface area contributed by atoms with Crippen molar-refractivity contribution in [3.63, 3.8) is 0 Å². The largest absolute Gasteiger partial charge is 0.447 e. The van der Waals surface area contributed by atoms with E-state index in [0.717, 1.165) is 32.1 Å². The van der Waals surface area contributed by atoms with Crippen LogP contribution in [0.1, 0.15) is 30.4 Å². The summed E-state index contributed by atoms with van der Waals surface area (Å²) in [5.41, 5.74) is 4.19. The quantitative estimate of drug-likeness (QED) is 0.218. The summed E-state index contributed by atoms with van der Waals surface area (Å²) in [6, 6.07) is 23.2. The lowest BCUT2D eigenvalue weighted by atomic mass is 9.86. The fourth-order valence-corrected chi connectivity index (χ4v) is 6.93. The molecule has 4 nitrogen and oxygen atoms in total. The Hall–Kier alpha value is -3.87. The van der Waals surface area contributed by atoms with Crippen LogP contribution in [0, 0.1) is 0 Å². The van der Waals surface area contributed by atoms with Crippen molar-refractivity contribution >= 4 is 59.3 Å². The molecule has 4 heterocycles. The van der Waals surface area contributed by atoms with Gasteiger partial charge in [-0.05, 0) is 81.0 Å². The van der Waals surface area contributed by atoms with Crippen molar-refractivity contribution in [2.75, 3.05) is 18.5 Å². The third-order valence-electron chi connectivity index (χ3n) is 7.17. The van der Waals surface area contributed by atoms with Gasteiger partial charge < -0.3 is 14.5 Å². The van der Waals surface area contributed by atoms with E-state index in [1.165, 1.54) is 31.3 Å². The highest BCUT2D eigenvalue weighted by Gasteiger charge is 2.20. The molecule has 0 spiro atoms. The molecular formula is C33H29N3OS2. The number of rotatable bonds is 4. The lowest BCUT2D eigenvalue weighted by Crippen LogP contribution is -2.21. The first kappa shape index (κ1) is 21.0. The van der Waals surface area contributed by atoms with Gasteiger partial charge in [-0.25, -0.2) is 0 Å². The topological polar surface area (TPSA) is 28.6 Å². The molecule has 0 amide bonds. The van der Waals surface area contributed by atoms with Gasteiger partial charge in [0.2, 0.25) is 0 Å². The number of ether oxygens (including phenoxy) is 1. The van der Waals surface area contributed by atoms with Crippen LogP contribution < -0.4 is 9.64 Å². The predicted octanol–water partition coefficient (Wildman–Crippen LogP) is 9.60. The Bertz CT molecular complexity index is 2000. The Labute approximate surface area is 240 Å². The molecule has 6 aromatic rings. The minimum absolute atomic E-state index is 0.000992. The van der Waals surface area contributed by atoms with Gasteiger partial charge >= 0.3 is 0 Å². The van der Waals surface area contributed by atoms with E-state index in [4.69, 9.17) is 13.8 Å². The lowest BCUT2D eigenvalue weighted by Gasteiger charge is -2.20. The van der Waals surface area contributed by atoms with Crippen molar-refractivity contribution < 1.29 is 8.85 Å². The van der Waals surface area contributed by atoms with E-state index in [1.807, 2.05) is 35.4 Å². The molecule has 0 bridgehead atoms. The number of hydrogen-bond donors (Lipinski definition) is 0. The summed E-state index contributed by atoms with van der Waals surface area (Å²) >= 11 is 3.37. The lowest BCUT2D eigenvalue weighted by molar-refractivity contribution is 0.490. The molecular weight excluding hydrogens is 519 g/mol. The minimum atomic E-state index is -2.17. The normalized spacial score (nSPS) is 15.3. The molecule has 7 rings (SSSR count). The highest BCUT2D eigenvalue weighted by Crippen LogP contribution is 2.45. The van der Waals surface area contributed by atoms with Gasteiger partial charge in [0.05, 0.1) is 12.4 Å². The third-order valence-corrected chi connectivity index (χ3v) is 9.01. The summed E-state index contributed by atoms with van der Waals surface area (Å²) in [4.78, 5) is 8.11. The predicted molar refractivity (Wildman–Crippen MR) is 167 cm³/mol. The summed E-state index contributed by atoms with van der Waals surface area (Å²) in [7, 11) is 0. The molecule has 0 fully saturated rings. The molecule has 0 saturated heterocycles. The molecule has 39 heavy (non-hydrogen) atoms. The first-order valence-corrected chi connectivity index (χ1v) is 14.6. The Morgan fingerprint density at radius 1 is 0.923 bits per heavy atom. The SMILES string of the molecule is [2H]C([2H])([2H])N1C=CN(c2cccc(Oc3cc4c(-c5cc(C(C)(C)C)ccn5)c5cc6ccsc6cc5cc4s3)c2)C1. The fourth-order valence-electron chi connectivity index (χ4n) is 5.12. The second kappa shape index (κ2) is 9.11. The molecule has 1 aliphatic heterocycles. The number of benzene rings is 3. The van der Waals surface area contributed by atoms with Gasteiger partial charge in [-0.15, -0.1) is 11.3 Å². The molecule has 0 aliphatic carbocycles. The Kier molecular flexibility index (Phi) is 4.91. The second-order valence-electron chi connectivity index (χ2n) is 10.9. The monoisotopic (exact) mass is 550 g/mol. The van der Waals surface area contributed by atoms with Crippen LogP contribution in [0.2, 0.25) is 0 Å². The average molecular weight is 551 g/mol. The van der Waals surface area contributed by atoms with E-state index in [2.05, 4.69) is 68.6 Å². The molecule has 0 saturated carbocycles. The molecule has 3 aromatic heterocycles. The first-order valence-electron chi connectivity index (χ1n) is 14.4. The zero-order chi connectivity index (χ0) is 29.2. The number of fused-ring (bicyclic) bond motifs is 3. The standard InChI is InChI=1S/C33H29N3OS2/c1-33(2,3)23-8-10-34-28(17-23)32-26-14-21-9-13-38-29(21)15-22(26)16-30-27(32)19-31(39-30)37-25-7-5-6-24(18-25)36-12-11-35(4)20-36/h5-19H,20H2,1-4H3/i4D3. The molecule has 1 aliphatic rings.